The van der Waals surface area contributed by atoms with Gasteiger partial charge in [0.25, 0.3) is 11.1 Å². The summed E-state index contributed by atoms with van der Waals surface area (Å²) < 4.78 is 10.5. The third kappa shape index (κ3) is 5.27. The average molecular weight is 441 g/mol. The molecule has 0 unspecified atom stereocenters. The van der Waals surface area contributed by atoms with Gasteiger partial charge in [0.1, 0.15) is 6.54 Å². The van der Waals surface area contributed by atoms with E-state index in [0.717, 1.165) is 22.2 Å². The molecule has 1 aliphatic heterocycles. The van der Waals surface area contributed by atoms with Crippen LogP contribution >= 0.6 is 11.8 Å². The maximum absolute atomic E-state index is 12.7. The van der Waals surface area contributed by atoms with E-state index in [9.17, 15) is 14.4 Å². The Morgan fingerprint density at radius 3 is 2.35 bits per heavy atom. The van der Waals surface area contributed by atoms with Gasteiger partial charge in [0.2, 0.25) is 5.91 Å². The first-order valence-electron chi connectivity index (χ1n) is 9.69. The van der Waals surface area contributed by atoms with Crippen molar-refractivity contribution in [2.75, 3.05) is 26.1 Å². The summed E-state index contributed by atoms with van der Waals surface area (Å²) in [5.74, 6) is 0.517. The van der Waals surface area contributed by atoms with Crippen LogP contribution in [0.1, 0.15) is 30.9 Å². The van der Waals surface area contributed by atoms with Crippen LogP contribution in [0.15, 0.2) is 47.4 Å². The Morgan fingerprint density at radius 1 is 1.06 bits per heavy atom. The molecule has 0 aliphatic carbocycles. The van der Waals surface area contributed by atoms with E-state index < -0.39 is 17.1 Å². The second-order valence-electron chi connectivity index (χ2n) is 7.21. The summed E-state index contributed by atoms with van der Waals surface area (Å²) in [6.45, 7) is 3.83. The van der Waals surface area contributed by atoms with Crippen LogP contribution in [0.5, 0.6) is 11.5 Å². The van der Waals surface area contributed by atoms with Crippen molar-refractivity contribution in [3.05, 3.63) is 58.5 Å². The summed E-state index contributed by atoms with van der Waals surface area (Å²) in [5.41, 5.74) is 2.45. The first-order chi connectivity index (χ1) is 14.8. The molecule has 3 rings (SSSR count). The molecule has 0 spiro atoms. The molecule has 0 atom stereocenters. The maximum Gasteiger partial charge on any atom is 0.294 e. The highest BCUT2D eigenvalue weighted by Gasteiger charge is 2.36. The molecule has 2 aromatic rings. The van der Waals surface area contributed by atoms with Crippen molar-refractivity contribution in [1.29, 1.82) is 0 Å². The second-order valence-corrected chi connectivity index (χ2v) is 8.20. The number of rotatable bonds is 7. The number of hydrogen-bond acceptors (Lipinski definition) is 6. The smallest absolute Gasteiger partial charge is 0.294 e. The van der Waals surface area contributed by atoms with Crippen LogP contribution in [0.2, 0.25) is 0 Å². The number of benzene rings is 2. The summed E-state index contributed by atoms with van der Waals surface area (Å²) in [7, 11) is 3.05. The number of methoxy groups -OCH3 is 2. The minimum absolute atomic E-state index is 0.242. The molecule has 7 nitrogen and oxygen atoms in total. The van der Waals surface area contributed by atoms with Gasteiger partial charge in [0.05, 0.1) is 19.1 Å². The number of anilines is 1. The van der Waals surface area contributed by atoms with Gasteiger partial charge in [-0.05, 0) is 59.1 Å². The molecular formula is C23H24N2O5S. The molecular weight excluding hydrogens is 416 g/mol. The van der Waals surface area contributed by atoms with Crippen LogP contribution in [0, 0.1) is 0 Å². The minimum Gasteiger partial charge on any atom is -0.493 e. The van der Waals surface area contributed by atoms with E-state index in [1.807, 2.05) is 12.1 Å². The number of amides is 3. The van der Waals surface area contributed by atoms with Gasteiger partial charge in [0, 0.05) is 5.69 Å². The standard InChI is InChI=1S/C23H24N2O5S/c1-14(2)16-6-8-17(9-7-16)24-21(26)13-25-22(27)20(31-23(25)28)12-15-5-10-18(29-3)19(11-15)30-4/h5-12,14H,13H2,1-4H3,(H,24,26)/b20-12+. The number of carbonyl (C=O) groups is 3. The van der Waals surface area contributed by atoms with Crippen LogP contribution in [-0.2, 0) is 9.59 Å². The molecule has 1 N–H and O–H groups in total. The summed E-state index contributed by atoms with van der Waals surface area (Å²) in [6, 6.07) is 12.7. The second kappa shape index (κ2) is 9.70. The van der Waals surface area contributed by atoms with Gasteiger partial charge >= 0.3 is 0 Å². The van der Waals surface area contributed by atoms with Gasteiger partial charge in [-0.15, -0.1) is 0 Å². The van der Waals surface area contributed by atoms with Gasteiger partial charge in [-0.2, -0.15) is 0 Å². The zero-order chi connectivity index (χ0) is 22.5. The highest BCUT2D eigenvalue weighted by Crippen LogP contribution is 2.34. The molecule has 0 bridgehead atoms. The van der Waals surface area contributed by atoms with Gasteiger partial charge in [0.15, 0.2) is 11.5 Å². The van der Waals surface area contributed by atoms with Gasteiger partial charge in [-0.25, -0.2) is 0 Å². The first kappa shape index (κ1) is 22.4. The molecule has 1 aliphatic rings. The van der Waals surface area contributed by atoms with Crippen molar-refractivity contribution in [2.45, 2.75) is 19.8 Å². The van der Waals surface area contributed by atoms with E-state index in [0.29, 0.717) is 28.7 Å². The third-order valence-electron chi connectivity index (χ3n) is 4.74. The van der Waals surface area contributed by atoms with Crippen LogP contribution < -0.4 is 14.8 Å². The van der Waals surface area contributed by atoms with Crippen molar-refractivity contribution in [2.24, 2.45) is 0 Å². The molecule has 3 amide bonds. The van der Waals surface area contributed by atoms with Crippen molar-refractivity contribution < 1.29 is 23.9 Å². The molecule has 1 saturated heterocycles. The number of carbonyl (C=O) groups excluding carboxylic acids is 3. The largest absolute Gasteiger partial charge is 0.493 e. The summed E-state index contributed by atoms with van der Waals surface area (Å²) in [6.07, 6.45) is 1.59. The molecule has 1 fully saturated rings. The lowest BCUT2D eigenvalue weighted by molar-refractivity contribution is -0.127. The molecule has 8 heteroatoms. The highest BCUT2D eigenvalue weighted by molar-refractivity contribution is 8.18. The number of thioether (sulfide) groups is 1. The van der Waals surface area contributed by atoms with Gasteiger partial charge < -0.3 is 14.8 Å². The number of ether oxygens (including phenoxy) is 2. The predicted molar refractivity (Wildman–Crippen MR) is 121 cm³/mol. The Kier molecular flexibility index (Phi) is 7.02. The highest BCUT2D eigenvalue weighted by atomic mass is 32.2. The Hall–Kier alpha value is -3.26. The summed E-state index contributed by atoms with van der Waals surface area (Å²) in [5, 5.41) is 2.24. The lowest BCUT2D eigenvalue weighted by Gasteiger charge is -2.13. The van der Waals surface area contributed by atoms with Gasteiger partial charge in [-0.1, -0.05) is 32.0 Å². The minimum atomic E-state index is -0.505. The Labute approximate surface area is 185 Å². The molecule has 0 aromatic heterocycles. The number of nitrogens with one attached hydrogen (secondary N) is 1. The lowest BCUT2D eigenvalue weighted by Crippen LogP contribution is -2.36. The Balaban J connectivity index is 1.68. The Bertz CT molecular complexity index is 1030. The number of hydrogen-bond donors (Lipinski definition) is 1. The van der Waals surface area contributed by atoms with Crippen LogP contribution in [0.3, 0.4) is 0 Å². The van der Waals surface area contributed by atoms with Crippen molar-refractivity contribution in [1.82, 2.24) is 4.90 Å². The van der Waals surface area contributed by atoms with E-state index in [1.165, 1.54) is 14.2 Å². The summed E-state index contributed by atoms with van der Waals surface area (Å²) >= 11 is 0.800. The normalized spacial score (nSPS) is 15.0. The fraction of sp³-hybridized carbons (Fsp3) is 0.261. The molecule has 31 heavy (non-hydrogen) atoms. The fourth-order valence-electron chi connectivity index (χ4n) is 3.03. The molecule has 0 radical (unpaired) electrons. The average Bonchev–Trinajstić information content (AvgIpc) is 3.01. The van der Waals surface area contributed by atoms with E-state index in [2.05, 4.69) is 19.2 Å². The zero-order valence-electron chi connectivity index (χ0n) is 17.8. The van der Waals surface area contributed by atoms with E-state index >= 15 is 0 Å². The van der Waals surface area contributed by atoms with E-state index in [-0.39, 0.29) is 11.4 Å². The molecule has 1 heterocycles. The molecule has 0 saturated carbocycles. The monoisotopic (exact) mass is 440 g/mol. The van der Waals surface area contributed by atoms with Crippen molar-refractivity contribution in [3.8, 4) is 11.5 Å². The first-order valence-corrected chi connectivity index (χ1v) is 10.5. The number of imide groups is 1. The lowest BCUT2D eigenvalue weighted by atomic mass is 10.0. The summed E-state index contributed by atoms with van der Waals surface area (Å²) in [4.78, 5) is 38.6. The number of nitrogens with zero attached hydrogens (tertiary/aromatic N) is 1. The maximum atomic E-state index is 12.7. The zero-order valence-corrected chi connectivity index (χ0v) is 18.6. The van der Waals surface area contributed by atoms with E-state index in [1.54, 1.807) is 36.4 Å². The predicted octanol–water partition coefficient (Wildman–Crippen LogP) is 4.50. The SMILES string of the molecule is COc1ccc(/C=C2/SC(=O)N(CC(=O)Nc3ccc(C(C)C)cc3)C2=O)cc1OC. The van der Waals surface area contributed by atoms with Crippen molar-refractivity contribution in [3.63, 3.8) is 0 Å². The van der Waals surface area contributed by atoms with E-state index in [4.69, 9.17) is 9.47 Å². The topological polar surface area (TPSA) is 84.9 Å². The quantitative estimate of drug-likeness (QED) is 0.638. The molecule has 162 valence electrons. The van der Waals surface area contributed by atoms with Gasteiger partial charge in [-0.3, -0.25) is 19.3 Å². The van der Waals surface area contributed by atoms with Crippen LogP contribution in [0.25, 0.3) is 6.08 Å². The van der Waals surface area contributed by atoms with Crippen LogP contribution in [-0.4, -0.2) is 42.7 Å². The fourth-order valence-corrected chi connectivity index (χ4v) is 3.86. The van der Waals surface area contributed by atoms with Crippen LogP contribution in [0.4, 0.5) is 10.5 Å². The molecule has 2 aromatic carbocycles. The third-order valence-corrected chi connectivity index (χ3v) is 5.65. The van der Waals surface area contributed by atoms with Crippen molar-refractivity contribution >= 4 is 40.6 Å². The Morgan fingerprint density at radius 2 is 1.74 bits per heavy atom.